The van der Waals surface area contributed by atoms with Gasteiger partial charge in [0.25, 0.3) is 0 Å². The third kappa shape index (κ3) is 3.67. The van der Waals surface area contributed by atoms with E-state index >= 15 is 0 Å². The first-order valence-corrected chi connectivity index (χ1v) is 17.0. The highest BCUT2D eigenvalue weighted by atomic mass is 15.4. The minimum absolute atomic E-state index is 0.164. The topological polar surface area (TPSA) is 49.9 Å². The summed E-state index contributed by atoms with van der Waals surface area (Å²) in [7, 11) is 2.07. The molecule has 2 aliphatic heterocycles. The van der Waals surface area contributed by atoms with Crippen molar-refractivity contribution < 1.29 is 0 Å². The summed E-state index contributed by atoms with van der Waals surface area (Å²) >= 11 is 0. The Kier molecular flexibility index (Phi) is 5.56. The molecule has 1 atom stereocenters. The average molecular weight is 643 g/mol. The second-order valence-corrected chi connectivity index (χ2v) is 13.2. The molecule has 4 heterocycles. The number of fused-ring (bicyclic) bond motifs is 12. The van der Waals surface area contributed by atoms with Crippen molar-refractivity contribution in [2.75, 3.05) is 7.05 Å². The van der Waals surface area contributed by atoms with E-state index in [0.29, 0.717) is 0 Å². The molecule has 0 fully saturated rings. The molecule has 9 aromatic rings. The normalized spacial score (nSPS) is 16.0. The van der Waals surface area contributed by atoms with Crippen LogP contribution in [0.5, 0.6) is 0 Å². The maximum atomic E-state index is 5.49. The van der Waals surface area contributed by atoms with Crippen molar-refractivity contribution >= 4 is 83.2 Å². The summed E-state index contributed by atoms with van der Waals surface area (Å²) in [6.45, 7) is 0. The van der Waals surface area contributed by atoms with Gasteiger partial charge in [-0.05, 0) is 22.9 Å². The number of para-hydroxylation sites is 1. The summed E-state index contributed by atoms with van der Waals surface area (Å²) < 4.78 is 4.86. The zero-order chi connectivity index (χ0) is 32.9. The first-order valence-electron chi connectivity index (χ1n) is 17.0. The molecular formula is C44H30N6. The molecule has 6 nitrogen and oxygen atoms in total. The highest BCUT2D eigenvalue weighted by Crippen LogP contribution is 2.44. The van der Waals surface area contributed by atoms with Crippen LogP contribution in [0.15, 0.2) is 161 Å². The Morgan fingerprint density at radius 3 is 1.68 bits per heavy atom. The quantitative estimate of drug-likeness (QED) is 0.204. The number of aliphatic imine (C=N–C) groups is 2. The van der Waals surface area contributed by atoms with Gasteiger partial charge in [0.05, 0.1) is 34.1 Å². The highest BCUT2D eigenvalue weighted by Gasteiger charge is 2.34. The summed E-state index contributed by atoms with van der Waals surface area (Å²) in [5.41, 5.74) is 8.55. The van der Waals surface area contributed by atoms with E-state index in [1.165, 1.54) is 48.6 Å². The summed E-state index contributed by atoms with van der Waals surface area (Å²) in [4.78, 5) is 12.5. The van der Waals surface area contributed by atoms with Crippen LogP contribution in [0, 0.1) is 0 Å². The number of benzene rings is 7. The van der Waals surface area contributed by atoms with Gasteiger partial charge in [-0.1, -0.05) is 133 Å². The second kappa shape index (κ2) is 10.2. The van der Waals surface area contributed by atoms with Crippen LogP contribution in [0.2, 0.25) is 0 Å². The third-order valence-corrected chi connectivity index (χ3v) is 10.5. The summed E-state index contributed by atoms with van der Waals surface area (Å²) in [6.07, 6.45) is 1.73. The van der Waals surface area contributed by atoms with Gasteiger partial charge in [0.15, 0.2) is 0 Å². The Bertz CT molecular complexity index is 2960. The second-order valence-electron chi connectivity index (χ2n) is 13.2. The summed E-state index contributed by atoms with van der Waals surface area (Å²) in [6, 6.07) is 52.3. The Hall–Kier alpha value is -6.66. The largest absolute Gasteiger partial charge is 0.340 e. The van der Waals surface area contributed by atoms with Gasteiger partial charge < -0.3 is 14.8 Å². The van der Waals surface area contributed by atoms with E-state index in [2.05, 4.69) is 166 Å². The van der Waals surface area contributed by atoms with Gasteiger partial charge in [0.1, 0.15) is 11.9 Å². The molecule has 0 aliphatic carbocycles. The fourth-order valence-corrected chi connectivity index (χ4v) is 8.25. The molecule has 11 rings (SSSR count). The van der Waals surface area contributed by atoms with Crippen LogP contribution >= 0.6 is 0 Å². The number of nitrogens with one attached hydrogen (secondary N) is 1. The molecule has 2 aromatic heterocycles. The van der Waals surface area contributed by atoms with Gasteiger partial charge in [0.2, 0.25) is 5.96 Å². The van der Waals surface area contributed by atoms with E-state index < -0.39 is 0 Å². The SMILES string of the molecule is CN1C=NC2=C(c3ccccc3)N=C(n3c4c5ccccc5ccc4c4ccc5c6ccc7ccccc7c6n(-c6ccccc6)c5c43)NC21. The van der Waals surface area contributed by atoms with Crippen LogP contribution in [-0.4, -0.2) is 39.5 Å². The van der Waals surface area contributed by atoms with Crippen molar-refractivity contribution in [2.45, 2.75) is 6.17 Å². The first-order chi connectivity index (χ1) is 24.7. The molecule has 50 heavy (non-hydrogen) atoms. The lowest BCUT2D eigenvalue weighted by atomic mass is 10.0. The van der Waals surface area contributed by atoms with Crippen molar-refractivity contribution in [2.24, 2.45) is 9.98 Å². The number of hydrogen-bond acceptors (Lipinski definition) is 4. The molecular weight excluding hydrogens is 613 g/mol. The van der Waals surface area contributed by atoms with Crippen LogP contribution in [0.1, 0.15) is 5.56 Å². The summed E-state index contributed by atoms with van der Waals surface area (Å²) in [5, 5.41) is 13.5. The summed E-state index contributed by atoms with van der Waals surface area (Å²) in [5.74, 6) is 0.772. The van der Waals surface area contributed by atoms with Gasteiger partial charge in [-0.3, -0.25) is 4.57 Å². The van der Waals surface area contributed by atoms with Crippen molar-refractivity contribution in [1.29, 1.82) is 0 Å². The minimum atomic E-state index is -0.164. The zero-order valence-electron chi connectivity index (χ0n) is 27.2. The van der Waals surface area contributed by atoms with Gasteiger partial charge in [-0.15, -0.1) is 0 Å². The molecule has 0 amide bonds. The zero-order valence-corrected chi connectivity index (χ0v) is 27.2. The standard InChI is InChI=1S/C44H30N6/c1-48-26-45-38-37(29-14-4-2-5-15-29)46-44(47-43(38)48)50-40-32-19-11-9-13-28(32)21-23-34(40)36-25-24-35-33-22-20-27-12-8-10-18-31(27)39(33)49(41(35)42(36)50)30-16-6-3-7-17-30/h2-26,43H,1H3,(H,46,47). The van der Waals surface area contributed by atoms with Crippen LogP contribution in [0.25, 0.3) is 76.5 Å². The van der Waals surface area contributed by atoms with Gasteiger partial charge in [0, 0.05) is 50.6 Å². The van der Waals surface area contributed by atoms with Crippen molar-refractivity contribution in [3.8, 4) is 5.69 Å². The molecule has 0 saturated heterocycles. The first kappa shape index (κ1) is 27.3. The lowest BCUT2D eigenvalue weighted by Gasteiger charge is -2.29. The fraction of sp³-hybridized carbons (Fsp3) is 0.0455. The van der Waals surface area contributed by atoms with Crippen LogP contribution in [0.3, 0.4) is 0 Å². The maximum Gasteiger partial charge on any atom is 0.210 e. The van der Waals surface area contributed by atoms with Crippen molar-refractivity contribution in [3.05, 3.63) is 157 Å². The Morgan fingerprint density at radius 2 is 1.02 bits per heavy atom. The monoisotopic (exact) mass is 642 g/mol. The number of likely N-dealkylation sites (N-methyl/N-ethyl adjacent to an activating group) is 1. The molecule has 0 spiro atoms. The van der Waals surface area contributed by atoms with E-state index in [0.717, 1.165) is 45.2 Å². The van der Waals surface area contributed by atoms with E-state index in [9.17, 15) is 0 Å². The third-order valence-electron chi connectivity index (χ3n) is 10.5. The van der Waals surface area contributed by atoms with E-state index in [1.807, 2.05) is 12.4 Å². The molecule has 1 unspecified atom stereocenters. The van der Waals surface area contributed by atoms with Crippen LogP contribution in [0.4, 0.5) is 0 Å². The lowest BCUT2D eigenvalue weighted by Crippen LogP contribution is -2.48. The average Bonchev–Trinajstić information content (AvgIpc) is 3.84. The fourth-order valence-electron chi connectivity index (χ4n) is 8.25. The van der Waals surface area contributed by atoms with Crippen LogP contribution < -0.4 is 5.32 Å². The van der Waals surface area contributed by atoms with Gasteiger partial charge in [-0.25, -0.2) is 9.98 Å². The molecule has 0 radical (unpaired) electrons. The molecule has 1 N–H and O–H groups in total. The lowest BCUT2D eigenvalue weighted by molar-refractivity contribution is 0.413. The van der Waals surface area contributed by atoms with Gasteiger partial charge >= 0.3 is 0 Å². The Labute approximate surface area is 287 Å². The number of rotatable bonds is 2. The number of aromatic nitrogens is 2. The predicted octanol–water partition coefficient (Wildman–Crippen LogP) is 9.67. The van der Waals surface area contributed by atoms with Crippen molar-refractivity contribution in [1.82, 2.24) is 19.4 Å². The number of nitrogens with zero attached hydrogens (tertiary/aromatic N) is 5. The molecule has 2 aliphatic rings. The smallest absolute Gasteiger partial charge is 0.210 e. The predicted molar refractivity (Wildman–Crippen MR) is 208 cm³/mol. The number of hydrogen-bond donors (Lipinski definition) is 1. The van der Waals surface area contributed by atoms with E-state index in [4.69, 9.17) is 9.98 Å². The Balaban J connectivity index is 1.38. The van der Waals surface area contributed by atoms with Crippen molar-refractivity contribution in [3.63, 3.8) is 0 Å². The van der Waals surface area contributed by atoms with E-state index in [-0.39, 0.29) is 6.17 Å². The maximum absolute atomic E-state index is 5.49. The molecule has 0 bridgehead atoms. The highest BCUT2D eigenvalue weighted by molar-refractivity contribution is 6.30. The van der Waals surface area contributed by atoms with Crippen LogP contribution in [-0.2, 0) is 0 Å². The van der Waals surface area contributed by atoms with Gasteiger partial charge in [-0.2, -0.15) is 0 Å². The molecule has 7 aromatic carbocycles. The molecule has 236 valence electrons. The minimum Gasteiger partial charge on any atom is -0.340 e. The Morgan fingerprint density at radius 1 is 0.500 bits per heavy atom. The molecule has 6 heteroatoms. The molecule has 0 saturated carbocycles. The van der Waals surface area contributed by atoms with E-state index in [1.54, 1.807) is 0 Å².